The molecule has 4 N–H and O–H groups in total. The van der Waals surface area contributed by atoms with Gasteiger partial charge in [-0.3, -0.25) is 4.79 Å². The highest BCUT2D eigenvalue weighted by Crippen LogP contribution is 2.31. The molecule has 10 heteroatoms. The Bertz CT molecular complexity index is 1090. The number of rotatable bonds is 8. The summed E-state index contributed by atoms with van der Waals surface area (Å²) >= 11 is 6.00. The van der Waals surface area contributed by atoms with E-state index in [0.29, 0.717) is 27.4 Å². The average molecular weight is 450 g/mol. The fraction of sp³-hybridized carbons (Fsp3) is 0.286. The van der Waals surface area contributed by atoms with Crippen LogP contribution < -0.4 is 10.6 Å². The Kier molecular flexibility index (Phi) is 7.19. The van der Waals surface area contributed by atoms with Crippen LogP contribution in [-0.2, 0) is 0 Å². The van der Waals surface area contributed by atoms with E-state index in [-0.39, 0.29) is 30.5 Å². The maximum absolute atomic E-state index is 14.5. The van der Waals surface area contributed by atoms with Crippen LogP contribution >= 0.6 is 11.6 Å². The van der Waals surface area contributed by atoms with Crippen molar-refractivity contribution >= 4 is 23.5 Å². The molecule has 0 spiro atoms. The number of nitrogens with zero attached hydrogens (tertiary/aromatic N) is 2. The SMILES string of the molecule is Cc1[nH]c(C(=O)N[C@H](CO)c2cccc(Cl)c2)c(C)c1-c1nc(NCCF)ncc1F. The summed E-state index contributed by atoms with van der Waals surface area (Å²) in [5.41, 5.74) is 2.28. The van der Waals surface area contributed by atoms with Gasteiger partial charge >= 0.3 is 0 Å². The minimum Gasteiger partial charge on any atom is -0.394 e. The predicted molar refractivity (Wildman–Crippen MR) is 114 cm³/mol. The number of nitrogens with one attached hydrogen (secondary N) is 3. The van der Waals surface area contributed by atoms with E-state index in [1.54, 1.807) is 38.1 Å². The molecule has 0 saturated heterocycles. The smallest absolute Gasteiger partial charge is 0.268 e. The van der Waals surface area contributed by atoms with Gasteiger partial charge in [-0.2, -0.15) is 0 Å². The van der Waals surface area contributed by atoms with Crippen molar-refractivity contribution in [3.8, 4) is 11.3 Å². The number of hydrogen-bond acceptors (Lipinski definition) is 5. The molecule has 3 aromatic rings. The van der Waals surface area contributed by atoms with Gasteiger partial charge in [0.25, 0.3) is 5.91 Å². The molecular formula is C21H22ClF2N5O2. The van der Waals surface area contributed by atoms with Gasteiger partial charge in [0.05, 0.1) is 18.8 Å². The lowest BCUT2D eigenvalue weighted by Crippen LogP contribution is -2.31. The fourth-order valence-electron chi connectivity index (χ4n) is 3.31. The molecule has 0 fully saturated rings. The Morgan fingerprint density at radius 3 is 2.81 bits per heavy atom. The summed E-state index contributed by atoms with van der Waals surface area (Å²) in [7, 11) is 0. The number of aromatic amines is 1. The third-order valence-corrected chi connectivity index (χ3v) is 5.00. The second-order valence-electron chi connectivity index (χ2n) is 6.89. The summed E-state index contributed by atoms with van der Waals surface area (Å²) in [6.45, 7) is 2.39. The summed E-state index contributed by atoms with van der Waals surface area (Å²) in [5, 5.41) is 15.6. The van der Waals surface area contributed by atoms with E-state index in [9.17, 15) is 18.7 Å². The van der Waals surface area contributed by atoms with Crippen molar-refractivity contribution in [2.75, 3.05) is 25.1 Å². The van der Waals surface area contributed by atoms with Gasteiger partial charge in [-0.05, 0) is 37.1 Å². The molecule has 0 aliphatic rings. The molecule has 0 radical (unpaired) electrons. The van der Waals surface area contributed by atoms with Gasteiger partial charge in [0.1, 0.15) is 18.1 Å². The minimum atomic E-state index is -0.676. The maximum atomic E-state index is 14.5. The van der Waals surface area contributed by atoms with Gasteiger partial charge in [0.2, 0.25) is 5.95 Å². The minimum absolute atomic E-state index is 0.00409. The molecule has 0 aliphatic heterocycles. The highest BCUT2D eigenvalue weighted by molar-refractivity contribution is 6.30. The van der Waals surface area contributed by atoms with Gasteiger partial charge in [0.15, 0.2) is 5.82 Å². The van der Waals surface area contributed by atoms with Crippen LogP contribution in [0, 0.1) is 19.7 Å². The summed E-state index contributed by atoms with van der Waals surface area (Å²) in [4.78, 5) is 23.8. The first-order chi connectivity index (χ1) is 14.8. The van der Waals surface area contributed by atoms with E-state index in [1.807, 2.05) is 0 Å². The van der Waals surface area contributed by atoms with Gasteiger partial charge in [0, 0.05) is 22.8 Å². The van der Waals surface area contributed by atoms with Gasteiger partial charge in [-0.1, -0.05) is 23.7 Å². The van der Waals surface area contributed by atoms with Crippen LogP contribution in [0.3, 0.4) is 0 Å². The number of amides is 1. The van der Waals surface area contributed by atoms with E-state index < -0.39 is 24.4 Å². The van der Waals surface area contributed by atoms with Crippen LogP contribution in [0.2, 0.25) is 5.02 Å². The molecule has 0 bridgehead atoms. The number of hydrogen-bond donors (Lipinski definition) is 4. The lowest BCUT2D eigenvalue weighted by molar-refractivity contribution is 0.0911. The van der Waals surface area contributed by atoms with Crippen molar-refractivity contribution in [1.29, 1.82) is 0 Å². The van der Waals surface area contributed by atoms with Crippen LogP contribution in [0.25, 0.3) is 11.3 Å². The van der Waals surface area contributed by atoms with Crippen molar-refractivity contribution in [2.24, 2.45) is 0 Å². The van der Waals surface area contributed by atoms with Gasteiger partial charge in [-0.15, -0.1) is 0 Å². The van der Waals surface area contributed by atoms with E-state index in [1.165, 1.54) is 0 Å². The molecule has 164 valence electrons. The summed E-state index contributed by atoms with van der Waals surface area (Å²) in [6.07, 6.45) is 0.995. The second-order valence-corrected chi connectivity index (χ2v) is 7.33. The zero-order valence-electron chi connectivity index (χ0n) is 17.0. The van der Waals surface area contributed by atoms with E-state index in [4.69, 9.17) is 11.6 Å². The first-order valence-electron chi connectivity index (χ1n) is 9.54. The van der Waals surface area contributed by atoms with Crippen LogP contribution in [0.5, 0.6) is 0 Å². The molecular weight excluding hydrogens is 428 g/mol. The molecule has 3 rings (SSSR count). The van der Waals surface area contributed by atoms with Crippen LogP contribution in [0.1, 0.15) is 33.4 Å². The normalized spacial score (nSPS) is 11.9. The molecule has 31 heavy (non-hydrogen) atoms. The molecule has 2 heterocycles. The third kappa shape index (κ3) is 5.00. The van der Waals surface area contributed by atoms with Gasteiger partial charge in [-0.25, -0.2) is 18.7 Å². The first-order valence-corrected chi connectivity index (χ1v) is 9.92. The number of carbonyl (C=O) groups excluding carboxylic acids is 1. The molecule has 0 saturated carbocycles. The van der Waals surface area contributed by atoms with Crippen molar-refractivity contribution in [3.05, 3.63) is 63.8 Å². The molecule has 0 aliphatic carbocycles. The largest absolute Gasteiger partial charge is 0.394 e. The fourth-order valence-corrected chi connectivity index (χ4v) is 3.51. The van der Waals surface area contributed by atoms with Crippen LogP contribution in [0.15, 0.2) is 30.5 Å². The van der Waals surface area contributed by atoms with Crippen LogP contribution in [-0.4, -0.2) is 45.8 Å². The molecule has 2 aromatic heterocycles. The third-order valence-electron chi connectivity index (χ3n) is 4.76. The summed E-state index contributed by atoms with van der Waals surface area (Å²) in [5.74, 6) is -1.06. The summed E-state index contributed by atoms with van der Waals surface area (Å²) in [6, 6.07) is 6.14. The predicted octanol–water partition coefficient (Wildman–Crippen LogP) is 3.73. The number of aromatic nitrogens is 3. The molecule has 7 nitrogen and oxygen atoms in total. The maximum Gasteiger partial charge on any atom is 0.268 e. The molecule has 1 atom stereocenters. The lowest BCUT2D eigenvalue weighted by Gasteiger charge is -2.17. The van der Waals surface area contributed by atoms with Crippen LogP contribution in [0.4, 0.5) is 14.7 Å². The highest BCUT2D eigenvalue weighted by atomic mass is 35.5. The number of aliphatic hydroxyl groups excluding tert-OH is 1. The number of H-pyrrole nitrogens is 1. The Hall–Kier alpha value is -3.04. The van der Waals surface area contributed by atoms with E-state index in [0.717, 1.165) is 6.20 Å². The highest BCUT2D eigenvalue weighted by Gasteiger charge is 2.24. The average Bonchev–Trinajstić information content (AvgIpc) is 3.05. The monoisotopic (exact) mass is 449 g/mol. The Morgan fingerprint density at radius 1 is 1.35 bits per heavy atom. The lowest BCUT2D eigenvalue weighted by atomic mass is 10.0. The Morgan fingerprint density at radius 2 is 2.13 bits per heavy atom. The number of halogens is 3. The number of alkyl halides is 1. The number of aryl methyl sites for hydroxylation is 1. The van der Waals surface area contributed by atoms with E-state index in [2.05, 4.69) is 25.6 Å². The quantitative estimate of drug-likeness (QED) is 0.419. The standard InChI is InChI=1S/C21H22ClF2N5O2/c1-11-17(19-15(24)9-26-21(29-19)25-7-6-23)12(2)27-18(11)20(31)28-16(10-30)13-4-3-5-14(22)8-13/h3-5,8-9,16,27,30H,6-7,10H2,1-2H3,(H,28,31)(H,25,26,29)/t16-/m1/s1. The van der Waals surface area contributed by atoms with Crippen molar-refractivity contribution in [3.63, 3.8) is 0 Å². The Balaban J connectivity index is 1.91. The number of aliphatic hydroxyl groups is 1. The number of benzene rings is 1. The van der Waals surface area contributed by atoms with Crippen molar-refractivity contribution < 1.29 is 18.7 Å². The number of carbonyl (C=O) groups is 1. The summed E-state index contributed by atoms with van der Waals surface area (Å²) < 4.78 is 26.9. The molecule has 1 amide bonds. The van der Waals surface area contributed by atoms with E-state index >= 15 is 0 Å². The second kappa shape index (κ2) is 9.84. The molecule has 0 unspecified atom stereocenters. The van der Waals surface area contributed by atoms with Crippen molar-refractivity contribution in [1.82, 2.24) is 20.3 Å². The molecule has 1 aromatic carbocycles. The van der Waals surface area contributed by atoms with Gasteiger partial charge < -0.3 is 20.7 Å². The zero-order valence-corrected chi connectivity index (χ0v) is 17.7. The first kappa shape index (κ1) is 22.6. The Labute approximate surface area is 182 Å². The zero-order chi connectivity index (χ0) is 22.5. The van der Waals surface area contributed by atoms with Crippen molar-refractivity contribution in [2.45, 2.75) is 19.9 Å². The topological polar surface area (TPSA) is 103 Å². The number of anilines is 1.